The fourth-order valence-electron chi connectivity index (χ4n) is 4.20. The van der Waals surface area contributed by atoms with Crippen molar-refractivity contribution in [1.82, 2.24) is 10.2 Å². The lowest BCUT2D eigenvalue weighted by molar-refractivity contribution is -0.139. The van der Waals surface area contributed by atoms with Crippen LogP contribution in [0.25, 0.3) is 0 Å². The van der Waals surface area contributed by atoms with Gasteiger partial charge in [-0.25, -0.2) is 8.42 Å². The van der Waals surface area contributed by atoms with Gasteiger partial charge in [0.25, 0.3) is 10.0 Å². The minimum Gasteiger partial charge on any atom is -0.355 e. The first-order chi connectivity index (χ1) is 18.3. The zero-order chi connectivity index (χ0) is 28.9. The first kappa shape index (κ1) is 30.5. The van der Waals surface area contributed by atoms with Gasteiger partial charge in [0.15, 0.2) is 0 Å². The highest BCUT2D eigenvalue weighted by Gasteiger charge is 2.33. The molecule has 3 aromatic rings. The number of rotatable bonds is 10. The van der Waals surface area contributed by atoms with E-state index in [0.29, 0.717) is 27.8 Å². The van der Waals surface area contributed by atoms with E-state index in [1.807, 2.05) is 26.8 Å². The van der Waals surface area contributed by atoms with Gasteiger partial charge in [-0.2, -0.15) is 0 Å². The van der Waals surface area contributed by atoms with E-state index in [9.17, 15) is 18.0 Å². The molecule has 0 aromatic heterocycles. The van der Waals surface area contributed by atoms with Gasteiger partial charge in [0, 0.05) is 23.1 Å². The average Bonchev–Trinajstić information content (AvgIpc) is 2.86. The maximum atomic E-state index is 13.9. The quantitative estimate of drug-likeness (QED) is 0.330. The Hall–Kier alpha value is -3.07. The summed E-state index contributed by atoms with van der Waals surface area (Å²) >= 11 is 12.4. The Kier molecular flexibility index (Phi) is 10.0. The summed E-state index contributed by atoms with van der Waals surface area (Å²) in [6, 6.07) is 15.8. The molecule has 0 aliphatic rings. The number of nitrogens with zero attached hydrogens (tertiary/aromatic N) is 2. The summed E-state index contributed by atoms with van der Waals surface area (Å²) in [7, 11) is -4.13. The summed E-state index contributed by atoms with van der Waals surface area (Å²) in [6.07, 6.45) is 0. The van der Waals surface area contributed by atoms with Gasteiger partial charge in [-0.15, -0.1) is 0 Å². The van der Waals surface area contributed by atoms with Gasteiger partial charge in [0.2, 0.25) is 11.8 Å². The van der Waals surface area contributed by atoms with Crippen LogP contribution in [0.5, 0.6) is 0 Å². The Morgan fingerprint density at radius 3 is 2.08 bits per heavy atom. The van der Waals surface area contributed by atoms with Crippen LogP contribution in [0.2, 0.25) is 10.0 Å². The highest BCUT2D eigenvalue weighted by molar-refractivity contribution is 7.92. The molecule has 0 fully saturated rings. The molecule has 0 saturated heterocycles. The van der Waals surface area contributed by atoms with Crippen molar-refractivity contribution in [3.8, 4) is 0 Å². The molecule has 0 aliphatic heterocycles. The Morgan fingerprint density at radius 2 is 1.51 bits per heavy atom. The number of hydrogen-bond donors (Lipinski definition) is 1. The molecule has 0 saturated carbocycles. The van der Waals surface area contributed by atoms with E-state index in [1.165, 1.54) is 17.0 Å². The summed E-state index contributed by atoms with van der Waals surface area (Å²) in [5.74, 6) is -0.926. The van der Waals surface area contributed by atoms with Crippen LogP contribution >= 0.6 is 23.2 Å². The van der Waals surface area contributed by atoms with Crippen molar-refractivity contribution >= 4 is 50.7 Å². The molecule has 0 heterocycles. The van der Waals surface area contributed by atoms with Gasteiger partial charge < -0.3 is 10.2 Å². The van der Waals surface area contributed by atoms with Gasteiger partial charge >= 0.3 is 0 Å². The molecule has 3 aromatic carbocycles. The molecule has 39 heavy (non-hydrogen) atoms. The first-order valence-electron chi connectivity index (χ1n) is 12.5. The topological polar surface area (TPSA) is 86.8 Å². The smallest absolute Gasteiger partial charge is 0.264 e. The van der Waals surface area contributed by atoms with Crippen molar-refractivity contribution in [1.29, 1.82) is 0 Å². The van der Waals surface area contributed by atoms with E-state index in [0.717, 1.165) is 21.0 Å². The minimum absolute atomic E-state index is 0.0155. The lowest BCUT2D eigenvalue weighted by Crippen LogP contribution is -2.51. The molecular formula is C29H33Cl2N3O4S. The zero-order valence-corrected chi connectivity index (χ0v) is 25.0. The molecule has 3 rings (SSSR count). The van der Waals surface area contributed by atoms with Crippen molar-refractivity contribution in [2.24, 2.45) is 0 Å². The normalized spacial score (nSPS) is 12.1. The molecule has 0 bridgehead atoms. The number of benzene rings is 3. The predicted molar refractivity (Wildman–Crippen MR) is 157 cm³/mol. The average molecular weight is 591 g/mol. The number of halogens is 2. The lowest BCUT2D eigenvalue weighted by Gasteiger charge is -2.32. The van der Waals surface area contributed by atoms with Crippen LogP contribution in [0, 0.1) is 20.8 Å². The second kappa shape index (κ2) is 12.9. The molecule has 0 aliphatic carbocycles. The molecule has 7 nitrogen and oxygen atoms in total. The lowest BCUT2D eigenvalue weighted by atomic mass is 10.1. The van der Waals surface area contributed by atoms with Gasteiger partial charge in [-0.05, 0) is 87.7 Å². The summed E-state index contributed by atoms with van der Waals surface area (Å²) in [4.78, 5) is 28.1. The Labute approximate surface area is 240 Å². The second-order valence-electron chi connectivity index (χ2n) is 9.50. The van der Waals surface area contributed by atoms with Crippen LogP contribution in [0.3, 0.4) is 0 Å². The summed E-state index contributed by atoms with van der Waals surface area (Å²) < 4.78 is 28.9. The minimum atomic E-state index is -4.13. The molecule has 2 amide bonds. The number of carbonyl (C=O) groups is 2. The molecule has 0 radical (unpaired) electrons. The van der Waals surface area contributed by atoms with Crippen LogP contribution < -0.4 is 9.62 Å². The maximum Gasteiger partial charge on any atom is 0.264 e. The number of likely N-dealkylation sites (N-methyl/N-ethyl adjacent to an activating group) is 1. The van der Waals surface area contributed by atoms with Crippen LogP contribution in [0.1, 0.15) is 36.1 Å². The van der Waals surface area contributed by atoms with Crippen molar-refractivity contribution in [2.75, 3.05) is 17.4 Å². The van der Waals surface area contributed by atoms with Crippen LogP contribution in [0.4, 0.5) is 5.69 Å². The van der Waals surface area contributed by atoms with Crippen molar-refractivity contribution in [3.63, 3.8) is 0 Å². The Bertz CT molecular complexity index is 1440. The second-order valence-corrected chi connectivity index (χ2v) is 12.2. The molecular weight excluding hydrogens is 557 g/mol. The predicted octanol–water partition coefficient (Wildman–Crippen LogP) is 5.67. The van der Waals surface area contributed by atoms with E-state index in [-0.39, 0.29) is 17.3 Å². The third kappa shape index (κ3) is 7.53. The molecule has 10 heteroatoms. The zero-order valence-electron chi connectivity index (χ0n) is 22.7. The standard InChI is InChI=1S/C29H33Cl2N3O4S/c1-6-32-29(36)22(5)33(17-23-9-10-24(30)16-27(23)31)28(35)18-34(25-14-20(3)13-21(4)15-25)39(37,38)26-11-7-19(2)8-12-26/h7-16,22H,6,17-18H2,1-5H3,(H,32,36)/t22-/m0/s1. The maximum absolute atomic E-state index is 13.9. The number of sulfonamides is 1. The van der Waals surface area contributed by atoms with Gasteiger partial charge in [-0.3, -0.25) is 13.9 Å². The third-order valence-electron chi connectivity index (χ3n) is 6.26. The number of aryl methyl sites for hydroxylation is 3. The number of hydrogen-bond acceptors (Lipinski definition) is 4. The van der Waals surface area contributed by atoms with Gasteiger partial charge in [0.05, 0.1) is 10.6 Å². The monoisotopic (exact) mass is 589 g/mol. The van der Waals surface area contributed by atoms with E-state index in [2.05, 4.69) is 5.32 Å². The highest BCUT2D eigenvalue weighted by Crippen LogP contribution is 2.28. The SMILES string of the molecule is CCNC(=O)[C@H](C)N(Cc1ccc(Cl)cc1Cl)C(=O)CN(c1cc(C)cc(C)c1)S(=O)(=O)c1ccc(C)cc1. The summed E-state index contributed by atoms with van der Waals surface area (Å²) in [5, 5.41) is 3.50. The molecule has 0 unspecified atom stereocenters. The third-order valence-corrected chi connectivity index (χ3v) is 8.63. The van der Waals surface area contributed by atoms with Crippen molar-refractivity contribution in [2.45, 2.75) is 52.1 Å². The van der Waals surface area contributed by atoms with E-state index >= 15 is 0 Å². The Balaban J connectivity index is 2.08. The van der Waals surface area contributed by atoms with E-state index in [4.69, 9.17) is 23.2 Å². The number of amides is 2. The summed E-state index contributed by atoms with van der Waals surface area (Å²) in [5.41, 5.74) is 3.54. The largest absolute Gasteiger partial charge is 0.355 e. The molecule has 1 atom stereocenters. The van der Waals surface area contributed by atoms with Crippen LogP contribution in [0.15, 0.2) is 65.6 Å². The molecule has 1 N–H and O–H groups in total. The van der Waals surface area contributed by atoms with Gasteiger partial charge in [-0.1, -0.05) is 53.0 Å². The molecule has 208 valence electrons. The molecule has 0 spiro atoms. The summed E-state index contributed by atoms with van der Waals surface area (Å²) in [6.45, 7) is 8.81. The van der Waals surface area contributed by atoms with Gasteiger partial charge in [0.1, 0.15) is 12.6 Å². The first-order valence-corrected chi connectivity index (χ1v) is 14.7. The fraction of sp³-hybridized carbons (Fsp3) is 0.310. The van der Waals surface area contributed by atoms with Crippen LogP contribution in [-0.2, 0) is 26.2 Å². The van der Waals surface area contributed by atoms with E-state index in [1.54, 1.807) is 56.3 Å². The van der Waals surface area contributed by atoms with Crippen LogP contribution in [-0.4, -0.2) is 44.3 Å². The number of anilines is 1. The fourth-order valence-corrected chi connectivity index (χ4v) is 6.06. The number of nitrogens with one attached hydrogen (secondary N) is 1. The van der Waals surface area contributed by atoms with Crippen molar-refractivity contribution in [3.05, 3.63) is 93.0 Å². The Morgan fingerprint density at radius 1 is 0.897 bits per heavy atom. The number of carbonyl (C=O) groups excluding carboxylic acids is 2. The highest BCUT2D eigenvalue weighted by atomic mass is 35.5. The van der Waals surface area contributed by atoms with E-state index < -0.39 is 28.5 Å². The van der Waals surface area contributed by atoms with Crippen molar-refractivity contribution < 1.29 is 18.0 Å².